The van der Waals surface area contributed by atoms with Gasteiger partial charge in [-0.15, -0.1) is 0 Å². The van der Waals surface area contributed by atoms with Gasteiger partial charge in [0.15, 0.2) is 17.2 Å². The van der Waals surface area contributed by atoms with E-state index in [1.54, 1.807) is 0 Å². The Kier molecular flexibility index (Phi) is 6.83. The smallest absolute Gasteiger partial charge is 0.238 e. The summed E-state index contributed by atoms with van der Waals surface area (Å²) in [5, 5.41) is 6.63. The fourth-order valence-electron chi connectivity index (χ4n) is 8.62. The summed E-state index contributed by atoms with van der Waals surface area (Å²) in [5.74, 6) is 1.66. The molecule has 0 aliphatic rings. The molecule has 12 aromatic rings. The van der Waals surface area contributed by atoms with Crippen molar-refractivity contribution < 1.29 is 4.42 Å². The molecule has 0 spiro atoms. The molecule has 0 amide bonds. The summed E-state index contributed by atoms with van der Waals surface area (Å²) in [7, 11) is 0. The average molecular weight is 730 g/mol. The lowest BCUT2D eigenvalue weighted by Gasteiger charge is -2.11. The molecule has 0 saturated heterocycles. The van der Waals surface area contributed by atoms with Gasteiger partial charge in [-0.25, -0.2) is 4.98 Å². The minimum absolute atomic E-state index is 0.536. The van der Waals surface area contributed by atoms with Crippen molar-refractivity contribution in [3.8, 4) is 45.5 Å². The summed E-state index contributed by atoms with van der Waals surface area (Å²) >= 11 is 0. The van der Waals surface area contributed by atoms with Gasteiger partial charge in [0.1, 0.15) is 5.58 Å². The Bertz CT molecular complexity index is 3450. The molecule has 0 saturated carbocycles. The van der Waals surface area contributed by atoms with Crippen molar-refractivity contribution in [3.05, 3.63) is 188 Å². The number of hydrogen-bond acceptors (Lipinski definition) is 4. The Morgan fingerprint density at radius 2 is 0.842 bits per heavy atom. The monoisotopic (exact) mass is 729 g/mol. The largest absolute Gasteiger partial charge is 0.453 e. The molecule has 0 aliphatic heterocycles. The van der Waals surface area contributed by atoms with Crippen LogP contribution in [0.1, 0.15) is 0 Å². The van der Waals surface area contributed by atoms with E-state index in [9.17, 15) is 0 Å². The third-order valence-electron chi connectivity index (χ3n) is 11.2. The second kappa shape index (κ2) is 12.3. The van der Waals surface area contributed by atoms with Gasteiger partial charge in [-0.05, 0) is 53.6 Å². The zero-order valence-corrected chi connectivity index (χ0v) is 30.5. The number of nitrogens with zero attached hydrogens (tertiary/aromatic N) is 5. The van der Waals surface area contributed by atoms with Crippen LogP contribution in [0.5, 0.6) is 0 Å². The van der Waals surface area contributed by atoms with Crippen LogP contribution in [0.25, 0.3) is 111 Å². The number of para-hydroxylation sites is 5. The highest BCUT2D eigenvalue weighted by atomic mass is 16.3. The van der Waals surface area contributed by atoms with E-state index in [1.807, 2.05) is 6.07 Å². The first-order valence-corrected chi connectivity index (χ1v) is 19.1. The van der Waals surface area contributed by atoms with E-state index in [-0.39, 0.29) is 0 Å². The summed E-state index contributed by atoms with van der Waals surface area (Å²) in [6.07, 6.45) is 0. The number of benzene rings is 8. The third kappa shape index (κ3) is 4.81. The lowest BCUT2D eigenvalue weighted by molar-refractivity contribution is 0.671. The first-order valence-electron chi connectivity index (χ1n) is 19.1. The van der Waals surface area contributed by atoms with Gasteiger partial charge < -0.3 is 8.98 Å². The second-order valence-electron chi connectivity index (χ2n) is 14.4. The van der Waals surface area contributed by atoms with Gasteiger partial charge in [0.05, 0.1) is 27.6 Å². The van der Waals surface area contributed by atoms with Crippen LogP contribution in [0, 0.1) is 0 Å². The highest BCUT2D eigenvalue weighted by Gasteiger charge is 2.23. The molecule has 8 aromatic carbocycles. The Labute approximate surface area is 326 Å². The zero-order valence-electron chi connectivity index (χ0n) is 30.5. The van der Waals surface area contributed by atoms with Gasteiger partial charge in [0, 0.05) is 43.6 Å². The van der Waals surface area contributed by atoms with Gasteiger partial charge in [0.25, 0.3) is 0 Å². The van der Waals surface area contributed by atoms with Crippen molar-refractivity contribution in [2.24, 2.45) is 0 Å². The summed E-state index contributed by atoms with van der Waals surface area (Å²) in [5.41, 5.74) is 10.8. The summed E-state index contributed by atoms with van der Waals surface area (Å²) in [6, 6.07) is 65.4. The Balaban J connectivity index is 1.13. The molecule has 0 fully saturated rings. The molecule has 0 bridgehead atoms. The average Bonchev–Trinajstić information content (AvgIpc) is 3.95. The zero-order chi connectivity index (χ0) is 37.5. The predicted molar refractivity (Wildman–Crippen MR) is 232 cm³/mol. The molecular formula is C51H31N5O. The SMILES string of the molecule is c1ccc(-c2ccc(-c3nc(-c4cccc5c4oc4c5ccc5c6ccccc6n(-c6ccccc6)c54)nc(-n4c5ccccc5c5ccccc54)n3)cc2)cc1. The van der Waals surface area contributed by atoms with Gasteiger partial charge in [0.2, 0.25) is 5.95 Å². The van der Waals surface area contributed by atoms with Gasteiger partial charge >= 0.3 is 0 Å². The first-order chi connectivity index (χ1) is 28.3. The third-order valence-corrected chi connectivity index (χ3v) is 11.2. The quantitative estimate of drug-likeness (QED) is 0.177. The molecule has 0 unspecified atom stereocenters. The van der Waals surface area contributed by atoms with Crippen LogP contribution >= 0.6 is 0 Å². The fourth-order valence-corrected chi connectivity index (χ4v) is 8.62. The van der Waals surface area contributed by atoms with Gasteiger partial charge in [-0.1, -0.05) is 146 Å². The normalized spacial score (nSPS) is 11.9. The Morgan fingerprint density at radius 1 is 0.333 bits per heavy atom. The molecule has 6 nitrogen and oxygen atoms in total. The van der Waals surface area contributed by atoms with Crippen molar-refractivity contribution in [3.63, 3.8) is 0 Å². The molecule has 266 valence electrons. The molecule has 57 heavy (non-hydrogen) atoms. The molecule has 0 aliphatic carbocycles. The standard InChI is InChI=1S/C51H31N5O/c1-3-14-32(15-4-1)33-26-28-34(29-27-33)49-52-50(54-51(53-49)56-44-24-11-7-18-36(44)37-19-8-12-25-45(37)56)42-22-13-21-40-41-31-30-39-38-20-9-10-23-43(38)55(35-16-5-2-6-17-35)46(39)48(41)57-47(40)42/h1-31H. The minimum atomic E-state index is 0.536. The van der Waals surface area contributed by atoms with Crippen LogP contribution in [-0.4, -0.2) is 24.1 Å². The van der Waals surface area contributed by atoms with Crippen molar-refractivity contribution in [1.29, 1.82) is 0 Å². The van der Waals surface area contributed by atoms with Crippen LogP contribution in [0.2, 0.25) is 0 Å². The van der Waals surface area contributed by atoms with Crippen molar-refractivity contribution in [1.82, 2.24) is 24.1 Å². The number of hydrogen-bond donors (Lipinski definition) is 0. The summed E-state index contributed by atoms with van der Waals surface area (Å²) < 4.78 is 11.6. The first kappa shape index (κ1) is 31.5. The molecule has 0 radical (unpaired) electrons. The molecule has 12 rings (SSSR count). The molecule has 4 heterocycles. The topological polar surface area (TPSA) is 61.7 Å². The fraction of sp³-hybridized carbons (Fsp3) is 0. The molecular weight excluding hydrogens is 699 g/mol. The summed E-state index contributed by atoms with van der Waals surface area (Å²) in [6.45, 7) is 0. The lowest BCUT2D eigenvalue weighted by atomic mass is 10.0. The lowest BCUT2D eigenvalue weighted by Crippen LogP contribution is -2.06. The van der Waals surface area contributed by atoms with Crippen molar-refractivity contribution in [2.75, 3.05) is 0 Å². The van der Waals surface area contributed by atoms with E-state index < -0.39 is 0 Å². The number of aromatic nitrogens is 5. The van der Waals surface area contributed by atoms with Crippen LogP contribution < -0.4 is 0 Å². The van der Waals surface area contributed by atoms with Crippen LogP contribution in [0.3, 0.4) is 0 Å². The highest BCUT2D eigenvalue weighted by Crippen LogP contribution is 2.42. The predicted octanol–water partition coefficient (Wildman–Crippen LogP) is 13.0. The Morgan fingerprint density at radius 3 is 1.54 bits per heavy atom. The molecule has 6 heteroatoms. The maximum Gasteiger partial charge on any atom is 0.238 e. The van der Waals surface area contributed by atoms with Crippen LogP contribution in [-0.2, 0) is 0 Å². The Hall–Kier alpha value is -7.83. The highest BCUT2D eigenvalue weighted by molar-refractivity contribution is 6.22. The van der Waals surface area contributed by atoms with Gasteiger partial charge in [-0.2, -0.15) is 9.97 Å². The van der Waals surface area contributed by atoms with E-state index in [2.05, 4.69) is 191 Å². The van der Waals surface area contributed by atoms with Crippen molar-refractivity contribution in [2.45, 2.75) is 0 Å². The molecule has 0 N–H and O–H groups in total. The molecule has 0 atom stereocenters. The van der Waals surface area contributed by atoms with E-state index in [0.717, 1.165) is 88.1 Å². The molecule has 4 aromatic heterocycles. The second-order valence-corrected chi connectivity index (χ2v) is 14.4. The van der Waals surface area contributed by atoms with Crippen LogP contribution in [0.4, 0.5) is 0 Å². The summed E-state index contributed by atoms with van der Waals surface area (Å²) in [4.78, 5) is 15.7. The van der Waals surface area contributed by atoms with E-state index in [0.29, 0.717) is 17.6 Å². The van der Waals surface area contributed by atoms with E-state index >= 15 is 0 Å². The van der Waals surface area contributed by atoms with E-state index in [1.165, 1.54) is 5.39 Å². The minimum Gasteiger partial charge on any atom is -0.453 e. The van der Waals surface area contributed by atoms with Crippen molar-refractivity contribution >= 4 is 65.6 Å². The number of fused-ring (bicyclic) bond motifs is 10. The number of rotatable bonds is 5. The van der Waals surface area contributed by atoms with Gasteiger partial charge in [-0.3, -0.25) is 4.57 Å². The maximum atomic E-state index is 7.10. The van der Waals surface area contributed by atoms with E-state index in [4.69, 9.17) is 19.4 Å². The maximum absolute atomic E-state index is 7.10. The van der Waals surface area contributed by atoms with Crippen LogP contribution in [0.15, 0.2) is 192 Å². The number of furan rings is 1.